The lowest BCUT2D eigenvalue weighted by Gasteiger charge is -2.35. The van der Waals surface area contributed by atoms with Crippen LogP contribution in [-0.4, -0.2) is 28.2 Å². The molecule has 2 aromatic heterocycles. The van der Waals surface area contributed by atoms with E-state index in [9.17, 15) is 0 Å². The van der Waals surface area contributed by atoms with E-state index in [4.69, 9.17) is 4.42 Å². The van der Waals surface area contributed by atoms with Gasteiger partial charge in [0.25, 0.3) is 0 Å². The molecule has 0 spiro atoms. The molecular formula is C23H20FN3O. The monoisotopic (exact) mass is 373 g/mol. The van der Waals surface area contributed by atoms with Crippen molar-refractivity contribution >= 4 is 11.0 Å². The fraction of sp³-hybridized carbons (Fsp3) is 0.217. The summed E-state index contributed by atoms with van der Waals surface area (Å²) >= 11 is 0. The van der Waals surface area contributed by atoms with Gasteiger partial charge in [0, 0.05) is 41.7 Å². The average Bonchev–Trinajstić information content (AvgIpc) is 3.22. The van der Waals surface area contributed by atoms with Crippen molar-refractivity contribution < 1.29 is 8.81 Å². The summed E-state index contributed by atoms with van der Waals surface area (Å²) in [6, 6.07) is 15.7. The normalized spacial score (nSPS) is 17.0. The third-order valence-corrected chi connectivity index (χ3v) is 5.65. The Morgan fingerprint density at radius 2 is 2.11 bits per heavy atom. The number of furan rings is 1. The van der Waals surface area contributed by atoms with Crippen LogP contribution < -0.4 is 0 Å². The van der Waals surface area contributed by atoms with Gasteiger partial charge in [0.2, 0.25) is 0 Å². The highest BCUT2D eigenvalue weighted by Crippen LogP contribution is 2.38. The minimum atomic E-state index is -0.189. The van der Waals surface area contributed by atoms with Crippen molar-refractivity contribution in [1.29, 1.82) is 0 Å². The molecule has 0 fully saturated rings. The summed E-state index contributed by atoms with van der Waals surface area (Å²) in [5, 5.41) is 9.06. The lowest BCUT2D eigenvalue weighted by molar-refractivity contribution is 0.248. The van der Waals surface area contributed by atoms with E-state index in [-0.39, 0.29) is 11.7 Å². The first kappa shape index (κ1) is 17.1. The van der Waals surface area contributed by atoms with Crippen molar-refractivity contribution in [1.82, 2.24) is 15.1 Å². The van der Waals surface area contributed by atoms with Crippen molar-refractivity contribution in [3.05, 3.63) is 83.5 Å². The lowest BCUT2D eigenvalue weighted by Crippen LogP contribution is -2.34. The van der Waals surface area contributed by atoms with Crippen LogP contribution in [-0.2, 0) is 6.54 Å². The van der Waals surface area contributed by atoms with Gasteiger partial charge in [0.1, 0.15) is 11.4 Å². The van der Waals surface area contributed by atoms with Crippen molar-refractivity contribution in [2.45, 2.75) is 19.4 Å². The van der Waals surface area contributed by atoms with Crippen LogP contribution in [0, 0.1) is 5.82 Å². The van der Waals surface area contributed by atoms with E-state index in [1.165, 1.54) is 5.56 Å². The first-order chi connectivity index (χ1) is 13.7. The molecule has 4 nitrogen and oxygen atoms in total. The van der Waals surface area contributed by atoms with Gasteiger partial charge in [-0.3, -0.25) is 4.90 Å². The van der Waals surface area contributed by atoms with E-state index in [0.29, 0.717) is 17.8 Å². The van der Waals surface area contributed by atoms with Gasteiger partial charge < -0.3 is 4.42 Å². The highest BCUT2D eigenvalue weighted by atomic mass is 19.1. The van der Waals surface area contributed by atoms with E-state index in [0.717, 1.165) is 35.2 Å². The van der Waals surface area contributed by atoms with Crippen LogP contribution in [0.5, 0.6) is 0 Å². The highest BCUT2D eigenvalue weighted by Gasteiger charge is 2.29. The number of likely N-dealkylation sites (N-methyl/N-ethyl adjacent to an activating group) is 1. The van der Waals surface area contributed by atoms with E-state index in [2.05, 4.69) is 40.2 Å². The summed E-state index contributed by atoms with van der Waals surface area (Å²) in [7, 11) is 0. The average molecular weight is 373 g/mol. The largest absolute Gasteiger partial charge is 0.464 e. The van der Waals surface area contributed by atoms with E-state index < -0.39 is 0 Å². The summed E-state index contributed by atoms with van der Waals surface area (Å²) in [5.74, 6) is -0.0704. The van der Waals surface area contributed by atoms with Crippen LogP contribution in [0.1, 0.15) is 29.5 Å². The van der Waals surface area contributed by atoms with Gasteiger partial charge in [-0.2, -0.15) is 10.2 Å². The first-order valence-corrected chi connectivity index (χ1v) is 9.53. The molecule has 1 aliphatic heterocycles. The maximum Gasteiger partial charge on any atom is 0.137 e. The number of benzene rings is 2. The Hall–Kier alpha value is -3.05. The van der Waals surface area contributed by atoms with Crippen molar-refractivity contribution in [2.75, 3.05) is 13.1 Å². The zero-order valence-corrected chi connectivity index (χ0v) is 15.6. The summed E-state index contributed by atoms with van der Waals surface area (Å²) in [6.07, 6.45) is 3.30. The van der Waals surface area contributed by atoms with Gasteiger partial charge in [-0.15, -0.1) is 0 Å². The number of hydrogen-bond acceptors (Lipinski definition) is 4. The molecule has 0 bridgehead atoms. The Labute approximate surface area is 162 Å². The molecule has 1 unspecified atom stereocenters. The second-order valence-corrected chi connectivity index (χ2v) is 7.20. The topological polar surface area (TPSA) is 42.2 Å². The quantitative estimate of drug-likeness (QED) is 0.507. The molecule has 28 heavy (non-hydrogen) atoms. The Morgan fingerprint density at radius 1 is 1.18 bits per heavy atom. The van der Waals surface area contributed by atoms with Crippen LogP contribution in [0.25, 0.3) is 22.2 Å². The van der Waals surface area contributed by atoms with Gasteiger partial charge >= 0.3 is 0 Å². The Morgan fingerprint density at radius 3 is 2.93 bits per heavy atom. The van der Waals surface area contributed by atoms with E-state index in [1.54, 1.807) is 24.6 Å². The highest BCUT2D eigenvalue weighted by molar-refractivity contribution is 5.78. The molecule has 3 heterocycles. The zero-order valence-electron chi connectivity index (χ0n) is 15.6. The van der Waals surface area contributed by atoms with Crippen LogP contribution in [0.15, 0.2) is 65.4 Å². The number of aromatic nitrogens is 2. The number of fused-ring (bicyclic) bond motifs is 2. The Balaban J connectivity index is 1.64. The van der Waals surface area contributed by atoms with Crippen molar-refractivity contribution in [3.8, 4) is 11.3 Å². The molecule has 5 rings (SSSR count). The van der Waals surface area contributed by atoms with Crippen LogP contribution >= 0.6 is 0 Å². The van der Waals surface area contributed by atoms with Crippen LogP contribution in [0.3, 0.4) is 0 Å². The molecule has 140 valence electrons. The lowest BCUT2D eigenvalue weighted by atomic mass is 9.83. The molecule has 0 aliphatic carbocycles. The molecule has 0 saturated carbocycles. The van der Waals surface area contributed by atoms with Gasteiger partial charge in [-0.05, 0) is 54.1 Å². The standard InChI is InChI=1S/C23H20FN3O/c1-2-27-13-19(15-5-8-22-16(12-15)9-11-28-22)17-6-7-18(23(24)20(17)14-27)21-4-3-10-25-26-21/h3-12,19H,2,13-14H2,1H3. The zero-order chi connectivity index (χ0) is 19.1. The minimum absolute atomic E-state index is 0.119. The number of nitrogens with zero attached hydrogens (tertiary/aromatic N) is 3. The Bertz CT molecular complexity index is 1140. The molecular weight excluding hydrogens is 353 g/mol. The van der Waals surface area contributed by atoms with Gasteiger partial charge in [-0.1, -0.05) is 19.1 Å². The SMILES string of the molecule is CCN1Cc2c(ccc(-c3cccnn3)c2F)C(c2ccc3occc3c2)C1. The van der Waals surface area contributed by atoms with E-state index in [1.807, 2.05) is 18.2 Å². The predicted octanol–water partition coefficient (Wildman–Crippen LogP) is 5.00. The number of hydrogen-bond donors (Lipinski definition) is 0. The molecule has 0 amide bonds. The molecule has 0 N–H and O–H groups in total. The van der Waals surface area contributed by atoms with Crippen molar-refractivity contribution in [3.63, 3.8) is 0 Å². The van der Waals surface area contributed by atoms with Crippen LogP contribution in [0.2, 0.25) is 0 Å². The van der Waals surface area contributed by atoms with Gasteiger partial charge in [0.05, 0.1) is 12.0 Å². The molecule has 0 saturated heterocycles. The minimum Gasteiger partial charge on any atom is -0.464 e. The maximum atomic E-state index is 15.5. The molecule has 1 atom stereocenters. The second-order valence-electron chi connectivity index (χ2n) is 7.20. The number of halogens is 1. The molecule has 0 radical (unpaired) electrons. The van der Waals surface area contributed by atoms with Gasteiger partial charge in [0.15, 0.2) is 0 Å². The van der Waals surface area contributed by atoms with Crippen LogP contribution in [0.4, 0.5) is 4.39 Å². The molecule has 1 aliphatic rings. The second kappa shape index (κ2) is 6.84. The smallest absolute Gasteiger partial charge is 0.137 e. The fourth-order valence-corrected chi connectivity index (χ4v) is 4.14. The number of rotatable bonds is 3. The third-order valence-electron chi connectivity index (χ3n) is 5.65. The molecule has 4 aromatic rings. The summed E-state index contributed by atoms with van der Waals surface area (Å²) in [6.45, 7) is 4.47. The summed E-state index contributed by atoms with van der Waals surface area (Å²) in [4.78, 5) is 2.29. The third kappa shape index (κ3) is 2.79. The molecule has 2 aromatic carbocycles. The predicted molar refractivity (Wildman–Crippen MR) is 106 cm³/mol. The van der Waals surface area contributed by atoms with Crippen molar-refractivity contribution in [2.24, 2.45) is 0 Å². The first-order valence-electron chi connectivity index (χ1n) is 9.53. The van der Waals surface area contributed by atoms with Gasteiger partial charge in [-0.25, -0.2) is 4.39 Å². The molecule has 5 heteroatoms. The summed E-state index contributed by atoms with van der Waals surface area (Å²) < 4.78 is 21.0. The van der Waals surface area contributed by atoms with E-state index >= 15 is 4.39 Å². The fourth-order valence-electron chi connectivity index (χ4n) is 4.14. The Kier molecular flexibility index (Phi) is 4.17. The maximum absolute atomic E-state index is 15.5. The summed E-state index contributed by atoms with van der Waals surface area (Å²) in [5.41, 5.74) is 4.93.